The lowest BCUT2D eigenvalue weighted by Gasteiger charge is -2.39. The van der Waals surface area contributed by atoms with Gasteiger partial charge in [-0.25, -0.2) is 17.5 Å². The summed E-state index contributed by atoms with van der Waals surface area (Å²) in [5.74, 6) is 0.242. The molecule has 5 amide bonds. The summed E-state index contributed by atoms with van der Waals surface area (Å²) in [4.78, 5) is 64.0. The summed E-state index contributed by atoms with van der Waals surface area (Å²) in [6.45, 7) is 4.52. The number of halogens is 2. The van der Waals surface area contributed by atoms with E-state index in [-0.39, 0.29) is 74.2 Å². The Morgan fingerprint density at radius 1 is 0.846 bits per heavy atom. The molecular weight excluding hydrogens is 894 g/mol. The van der Waals surface area contributed by atoms with Gasteiger partial charge in [-0.05, 0) is 86.3 Å². The molecule has 4 aromatic rings. The van der Waals surface area contributed by atoms with Crippen LogP contribution in [0.2, 0.25) is 10.0 Å². The molecule has 1 N–H and O–H groups in total. The minimum absolute atomic E-state index is 0.0469. The Morgan fingerprint density at radius 2 is 1.48 bits per heavy atom. The van der Waals surface area contributed by atoms with E-state index < -0.39 is 34.6 Å². The van der Waals surface area contributed by atoms with Gasteiger partial charge in [-0.3, -0.25) is 24.3 Å². The fourth-order valence-corrected chi connectivity index (χ4v) is 9.24. The van der Waals surface area contributed by atoms with E-state index in [1.54, 1.807) is 70.3 Å². The largest absolute Gasteiger partial charge is 0.497 e. The molecule has 18 heteroatoms. The molecule has 2 atom stereocenters. The molecule has 65 heavy (non-hydrogen) atoms. The number of sulfonamides is 1. The zero-order valence-electron chi connectivity index (χ0n) is 36.4. The van der Waals surface area contributed by atoms with Crippen molar-refractivity contribution < 1.29 is 37.1 Å². The van der Waals surface area contributed by atoms with Gasteiger partial charge in [0.2, 0.25) is 17.7 Å². The van der Waals surface area contributed by atoms with Crippen LogP contribution < -0.4 is 14.8 Å². The van der Waals surface area contributed by atoms with E-state index in [1.165, 1.54) is 24.3 Å². The Kier molecular flexibility index (Phi) is 16.5. The summed E-state index contributed by atoms with van der Waals surface area (Å²) in [6.07, 6.45) is 0.0960. The van der Waals surface area contributed by atoms with Crippen molar-refractivity contribution in [1.29, 1.82) is 5.26 Å². The molecule has 2 heterocycles. The molecule has 1 saturated heterocycles. The summed E-state index contributed by atoms with van der Waals surface area (Å²) in [5, 5.41) is 13.0. The minimum atomic E-state index is -4.22. The Labute approximate surface area is 389 Å². The molecule has 0 radical (unpaired) electrons. The van der Waals surface area contributed by atoms with Crippen molar-refractivity contribution in [3.05, 3.63) is 124 Å². The maximum absolute atomic E-state index is 15.0. The Bertz CT molecular complexity index is 2510. The highest BCUT2D eigenvalue weighted by Gasteiger charge is 2.45. The van der Waals surface area contributed by atoms with Crippen LogP contribution in [0.15, 0.2) is 107 Å². The fourth-order valence-electron chi connectivity index (χ4n) is 7.65. The van der Waals surface area contributed by atoms with Crippen LogP contribution in [0, 0.1) is 11.3 Å². The number of carbonyl (C=O) groups excluding carboxylic acids is 4. The van der Waals surface area contributed by atoms with E-state index in [2.05, 4.69) is 5.32 Å². The molecule has 0 saturated carbocycles. The number of carbonyl (C=O) groups is 4. The summed E-state index contributed by atoms with van der Waals surface area (Å²) in [5.41, 5.74) is 2.26. The van der Waals surface area contributed by atoms with Crippen LogP contribution in [0.1, 0.15) is 74.7 Å². The van der Waals surface area contributed by atoms with E-state index in [9.17, 15) is 28.1 Å². The second-order valence-electron chi connectivity index (χ2n) is 15.7. The molecule has 6 rings (SSSR count). The van der Waals surface area contributed by atoms with Crippen molar-refractivity contribution in [1.82, 2.24) is 24.3 Å². The van der Waals surface area contributed by atoms with E-state index >= 15 is 4.79 Å². The van der Waals surface area contributed by atoms with Gasteiger partial charge in [0.1, 0.15) is 29.9 Å². The summed E-state index contributed by atoms with van der Waals surface area (Å²) >= 11 is 12.7. The van der Waals surface area contributed by atoms with Crippen molar-refractivity contribution in [3.63, 3.8) is 0 Å². The van der Waals surface area contributed by atoms with Crippen molar-refractivity contribution in [2.45, 2.75) is 69.0 Å². The van der Waals surface area contributed by atoms with Gasteiger partial charge in [0, 0.05) is 68.1 Å². The molecule has 15 nitrogen and oxygen atoms in total. The first-order valence-corrected chi connectivity index (χ1v) is 23.5. The molecule has 342 valence electrons. The van der Waals surface area contributed by atoms with Crippen LogP contribution in [0.5, 0.6) is 11.5 Å². The monoisotopic (exact) mass is 943 g/mol. The lowest BCUT2D eigenvalue weighted by Crippen LogP contribution is -2.55. The Morgan fingerprint density at radius 3 is 2.09 bits per heavy atom. The number of ether oxygens (including phenoxy) is 2. The topological polar surface area (TPSA) is 182 Å². The van der Waals surface area contributed by atoms with Gasteiger partial charge in [-0.1, -0.05) is 65.7 Å². The van der Waals surface area contributed by atoms with E-state index in [4.69, 9.17) is 37.7 Å². The molecule has 0 aromatic heterocycles. The molecule has 0 aliphatic carbocycles. The average Bonchev–Trinajstić information content (AvgIpc) is 3.70. The highest BCUT2D eigenvalue weighted by atomic mass is 35.5. The van der Waals surface area contributed by atoms with Crippen molar-refractivity contribution >= 4 is 62.8 Å². The number of hydrogen-bond donors (Lipinski definition) is 1. The number of amides is 5. The molecule has 0 spiro atoms. The van der Waals surface area contributed by atoms with Crippen molar-refractivity contribution in [2.75, 3.05) is 46.4 Å². The zero-order chi connectivity index (χ0) is 46.7. The number of amidine groups is 1. The molecule has 2 unspecified atom stereocenters. The highest BCUT2D eigenvalue weighted by Crippen LogP contribution is 2.46. The van der Waals surface area contributed by atoms with Crippen LogP contribution in [-0.2, 0) is 24.4 Å². The zero-order valence-corrected chi connectivity index (χ0v) is 38.7. The number of benzene rings is 4. The number of nitrogens with one attached hydrogen (secondary N) is 1. The maximum Gasteiger partial charge on any atom is 0.326 e. The second kappa shape index (κ2) is 22.2. The third-order valence-electron chi connectivity index (χ3n) is 10.9. The van der Waals surface area contributed by atoms with Gasteiger partial charge in [0.25, 0.3) is 10.0 Å². The number of piperazine rings is 1. The number of nitriles is 1. The number of hydrogen-bond acceptors (Lipinski definition) is 10. The van der Waals surface area contributed by atoms with Crippen molar-refractivity contribution in [2.24, 2.45) is 4.99 Å². The summed E-state index contributed by atoms with van der Waals surface area (Å²) in [7, 11) is -2.65. The van der Waals surface area contributed by atoms with Crippen LogP contribution >= 0.6 is 23.2 Å². The maximum atomic E-state index is 15.0. The number of urea groups is 1. The quantitative estimate of drug-likeness (QED) is 0.0833. The van der Waals surface area contributed by atoms with Crippen LogP contribution in [0.25, 0.3) is 0 Å². The Balaban J connectivity index is 1.08. The second-order valence-corrected chi connectivity index (χ2v) is 18.4. The minimum Gasteiger partial charge on any atom is -0.497 e. The van der Waals surface area contributed by atoms with Crippen LogP contribution in [-0.4, -0.2) is 109 Å². The third kappa shape index (κ3) is 12.0. The molecular formula is C47H51Cl2N7O8S. The Hall–Kier alpha value is -6.15. The number of nitrogens with zero attached hydrogens (tertiary/aromatic N) is 6. The summed E-state index contributed by atoms with van der Waals surface area (Å²) in [6, 6.07) is 27.8. The predicted octanol–water partition coefficient (Wildman–Crippen LogP) is 7.41. The summed E-state index contributed by atoms with van der Waals surface area (Å²) < 4.78 is 38.3. The first kappa shape index (κ1) is 48.3. The number of rotatable bonds is 17. The van der Waals surface area contributed by atoms with E-state index in [0.29, 0.717) is 56.8 Å². The predicted molar refractivity (Wildman–Crippen MR) is 246 cm³/mol. The van der Waals surface area contributed by atoms with Gasteiger partial charge in [-0.2, -0.15) is 5.26 Å². The molecule has 4 aromatic carbocycles. The standard InChI is InChI=1S/C47H51Cl2N7O8S/c1-32(2)64-40-31-37(63-3)22-23-39(40)46-52-44(33-14-18-35(48)19-15-33)45(34-16-20-36(49)21-17-34)56(46)47(60)54-29-27-53(28-30-54)42(58)13-8-25-51-41(57)11-7-12-43(59)55(26-24-50)65(61,62)38-9-5-4-6-10-38/h4-6,9-10,14-23,31-32,44-45H,7-8,11-13,25-30H2,1-3H3,(H,51,57). The molecule has 2 aliphatic heterocycles. The molecule has 0 bridgehead atoms. The lowest BCUT2D eigenvalue weighted by atomic mass is 9.93. The SMILES string of the molecule is COc1ccc(C2=NC(c3ccc(Cl)cc3)C(c3ccc(Cl)cc3)N2C(=O)N2CCN(C(=O)CCCNC(=O)CCCC(=O)N(CC#N)S(=O)(=O)c3ccccc3)CC2)c(OC(C)C)c1. The van der Waals surface area contributed by atoms with Crippen LogP contribution in [0.3, 0.4) is 0 Å². The smallest absolute Gasteiger partial charge is 0.326 e. The van der Waals surface area contributed by atoms with Crippen LogP contribution in [0.4, 0.5) is 4.79 Å². The highest BCUT2D eigenvalue weighted by molar-refractivity contribution is 7.89. The third-order valence-corrected chi connectivity index (χ3v) is 13.2. The number of methoxy groups -OCH3 is 1. The normalized spacial score (nSPS) is 16.1. The van der Waals surface area contributed by atoms with Gasteiger partial charge >= 0.3 is 6.03 Å². The number of aliphatic imine (C=N–C) groups is 1. The average molecular weight is 945 g/mol. The molecule has 2 aliphatic rings. The first-order valence-electron chi connectivity index (χ1n) is 21.3. The van der Waals surface area contributed by atoms with Gasteiger partial charge in [0.05, 0.1) is 35.8 Å². The van der Waals surface area contributed by atoms with Gasteiger partial charge in [0.15, 0.2) is 0 Å². The first-order chi connectivity index (χ1) is 31.2. The van der Waals surface area contributed by atoms with Gasteiger partial charge < -0.3 is 24.6 Å². The molecule has 1 fully saturated rings. The fraction of sp³-hybridized carbons (Fsp3) is 0.362. The van der Waals surface area contributed by atoms with E-state index in [1.807, 2.05) is 44.2 Å². The van der Waals surface area contributed by atoms with Crippen molar-refractivity contribution in [3.8, 4) is 17.6 Å². The lowest BCUT2D eigenvalue weighted by molar-refractivity contribution is -0.133. The van der Waals surface area contributed by atoms with Gasteiger partial charge in [-0.15, -0.1) is 0 Å². The van der Waals surface area contributed by atoms with E-state index in [0.717, 1.165) is 11.1 Å².